The summed E-state index contributed by atoms with van der Waals surface area (Å²) in [6, 6.07) is 14.7. The smallest absolute Gasteiger partial charge is 0.318 e. The van der Waals surface area contributed by atoms with Gasteiger partial charge in [-0.2, -0.15) is 0 Å². The van der Waals surface area contributed by atoms with E-state index in [1.165, 1.54) is 12.1 Å². The summed E-state index contributed by atoms with van der Waals surface area (Å²) in [7, 11) is 0. The van der Waals surface area contributed by atoms with E-state index in [2.05, 4.69) is 0 Å². The first kappa shape index (κ1) is 13.3. The summed E-state index contributed by atoms with van der Waals surface area (Å²) >= 11 is 5.75. The average Bonchev–Trinajstić information content (AvgIpc) is 2.40. The summed E-state index contributed by atoms with van der Waals surface area (Å²) in [5.41, 5.74) is 0.801. The molecule has 0 aromatic heterocycles. The van der Waals surface area contributed by atoms with E-state index in [-0.39, 0.29) is 0 Å². The van der Waals surface area contributed by atoms with Crippen LogP contribution in [0, 0.1) is 0 Å². The highest BCUT2D eigenvalue weighted by Gasteiger charge is 2.28. The first-order valence-electron chi connectivity index (χ1n) is 5.67. The highest BCUT2D eigenvalue weighted by atomic mass is 35.5. The van der Waals surface area contributed by atoms with Gasteiger partial charge in [-0.05, 0) is 29.8 Å². The number of ketones is 1. The Morgan fingerprint density at radius 3 is 2.05 bits per heavy atom. The fourth-order valence-corrected chi connectivity index (χ4v) is 1.96. The van der Waals surface area contributed by atoms with Crippen LogP contribution in [0.2, 0.25) is 5.02 Å². The van der Waals surface area contributed by atoms with Crippen molar-refractivity contribution >= 4 is 23.4 Å². The number of Topliss-reactive ketones (excluding diaryl/α,β-unsaturated/α-hetero) is 1. The molecule has 0 aliphatic carbocycles. The SMILES string of the molecule is O=C(O)C(C(=O)c1ccc(Cl)cc1)c1ccccc1. The van der Waals surface area contributed by atoms with Gasteiger partial charge in [0.15, 0.2) is 5.78 Å². The Morgan fingerprint density at radius 2 is 1.53 bits per heavy atom. The van der Waals surface area contributed by atoms with Gasteiger partial charge in [0, 0.05) is 10.6 Å². The Hall–Kier alpha value is -2.13. The maximum Gasteiger partial charge on any atom is 0.318 e. The van der Waals surface area contributed by atoms with Crippen molar-refractivity contribution in [2.24, 2.45) is 0 Å². The van der Waals surface area contributed by atoms with Crippen molar-refractivity contribution in [3.05, 3.63) is 70.7 Å². The number of carbonyl (C=O) groups is 2. The van der Waals surface area contributed by atoms with E-state index in [4.69, 9.17) is 11.6 Å². The van der Waals surface area contributed by atoms with E-state index in [9.17, 15) is 14.7 Å². The molecular formula is C15H11ClO3. The van der Waals surface area contributed by atoms with Gasteiger partial charge in [-0.1, -0.05) is 41.9 Å². The molecule has 0 bridgehead atoms. The van der Waals surface area contributed by atoms with Gasteiger partial charge in [-0.3, -0.25) is 9.59 Å². The standard InChI is InChI=1S/C15H11ClO3/c16-12-8-6-11(7-9-12)14(17)13(15(18)19)10-4-2-1-3-5-10/h1-9,13H,(H,18,19). The number of hydrogen-bond acceptors (Lipinski definition) is 2. The van der Waals surface area contributed by atoms with E-state index in [0.717, 1.165) is 0 Å². The maximum atomic E-state index is 12.3. The van der Waals surface area contributed by atoms with Gasteiger partial charge in [-0.15, -0.1) is 0 Å². The lowest BCUT2D eigenvalue weighted by Crippen LogP contribution is -2.21. The van der Waals surface area contributed by atoms with E-state index in [0.29, 0.717) is 16.1 Å². The van der Waals surface area contributed by atoms with Crippen molar-refractivity contribution in [1.29, 1.82) is 0 Å². The molecule has 3 nitrogen and oxygen atoms in total. The average molecular weight is 275 g/mol. The Labute approximate surface area is 115 Å². The van der Waals surface area contributed by atoms with E-state index < -0.39 is 17.7 Å². The molecule has 0 saturated heterocycles. The molecule has 2 aromatic rings. The Morgan fingerprint density at radius 1 is 0.947 bits per heavy atom. The minimum atomic E-state index is -1.19. The maximum absolute atomic E-state index is 12.3. The molecule has 2 aromatic carbocycles. The number of hydrogen-bond donors (Lipinski definition) is 1. The fourth-order valence-electron chi connectivity index (χ4n) is 1.83. The van der Waals surface area contributed by atoms with Gasteiger partial charge in [0.2, 0.25) is 0 Å². The summed E-state index contributed by atoms with van der Waals surface area (Å²) in [5, 5.41) is 9.77. The Kier molecular flexibility index (Phi) is 3.97. The van der Waals surface area contributed by atoms with Crippen LogP contribution in [-0.2, 0) is 4.79 Å². The predicted molar refractivity (Wildman–Crippen MR) is 72.6 cm³/mol. The molecule has 0 radical (unpaired) electrons. The highest BCUT2D eigenvalue weighted by molar-refractivity contribution is 6.30. The quantitative estimate of drug-likeness (QED) is 0.687. The fraction of sp³-hybridized carbons (Fsp3) is 0.0667. The molecule has 0 amide bonds. The predicted octanol–water partition coefficient (Wildman–Crippen LogP) is 3.39. The normalized spacial score (nSPS) is 11.8. The van der Waals surface area contributed by atoms with E-state index in [1.54, 1.807) is 42.5 Å². The first-order chi connectivity index (χ1) is 9.09. The third-order valence-electron chi connectivity index (χ3n) is 2.77. The summed E-state index contributed by atoms with van der Waals surface area (Å²) in [6.07, 6.45) is 0. The number of carboxylic acid groups (broad SMARTS) is 1. The molecule has 1 unspecified atom stereocenters. The molecule has 0 aliphatic heterocycles. The molecule has 2 rings (SSSR count). The van der Waals surface area contributed by atoms with Gasteiger partial charge < -0.3 is 5.11 Å². The largest absolute Gasteiger partial charge is 0.480 e. The number of carbonyl (C=O) groups excluding carboxylic acids is 1. The van der Waals surface area contributed by atoms with Crippen molar-refractivity contribution in [2.45, 2.75) is 5.92 Å². The van der Waals surface area contributed by atoms with Crippen molar-refractivity contribution in [3.8, 4) is 0 Å². The zero-order valence-corrected chi connectivity index (χ0v) is 10.7. The van der Waals surface area contributed by atoms with Crippen LogP contribution in [0.25, 0.3) is 0 Å². The van der Waals surface area contributed by atoms with Crippen molar-refractivity contribution in [1.82, 2.24) is 0 Å². The molecule has 0 aliphatic rings. The summed E-state index contributed by atoms with van der Waals surface area (Å²) < 4.78 is 0. The lowest BCUT2D eigenvalue weighted by atomic mass is 9.91. The minimum absolute atomic E-state index is 0.334. The lowest BCUT2D eigenvalue weighted by Gasteiger charge is -2.11. The molecule has 0 heterocycles. The van der Waals surface area contributed by atoms with Crippen LogP contribution in [0.15, 0.2) is 54.6 Å². The van der Waals surface area contributed by atoms with Crippen LogP contribution in [0.1, 0.15) is 21.8 Å². The summed E-state index contributed by atoms with van der Waals surface area (Å²) in [6.45, 7) is 0. The molecule has 0 fully saturated rings. The number of carboxylic acids is 1. The van der Waals surface area contributed by atoms with Gasteiger partial charge >= 0.3 is 5.97 Å². The minimum Gasteiger partial charge on any atom is -0.480 e. The Bertz CT molecular complexity index is 591. The van der Waals surface area contributed by atoms with Gasteiger partial charge in [-0.25, -0.2) is 0 Å². The molecular weight excluding hydrogens is 264 g/mol. The summed E-state index contributed by atoms with van der Waals surface area (Å²) in [5.74, 6) is -2.80. The van der Waals surface area contributed by atoms with Crippen molar-refractivity contribution < 1.29 is 14.7 Å². The Balaban J connectivity index is 2.38. The van der Waals surface area contributed by atoms with Crippen molar-refractivity contribution in [2.75, 3.05) is 0 Å². The zero-order valence-electron chi connectivity index (χ0n) is 9.92. The molecule has 19 heavy (non-hydrogen) atoms. The van der Waals surface area contributed by atoms with Crippen LogP contribution in [-0.4, -0.2) is 16.9 Å². The van der Waals surface area contributed by atoms with E-state index >= 15 is 0 Å². The number of rotatable bonds is 4. The molecule has 4 heteroatoms. The topological polar surface area (TPSA) is 54.4 Å². The van der Waals surface area contributed by atoms with Gasteiger partial charge in [0.05, 0.1) is 0 Å². The molecule has 1 N–H and O–H groups in total. The molecule has 0 saturated carbocycles. The van der Waals surface area contributed by atoms with Crippen LogP contribution < -0.4 is 0 Å². The monoisotopic (exact) mass is 274 g/mol. The third kappa shape index (κ3) is 3.01. The molecule has 1 atom stereocenters. The molecule has 0 spiro atoms. The van der Waals surface area contributed by atoms with Crippen LogP contribution in [0.5, 0.6) is 0 Å². The number of aliphatic carboxylic acids is 1. The van der Waals surface area contributed by atoms with Crippen LogP contribution in [0.4, 0.5) is 0 Å². The first-order valence-corrected chi connectivity index (χ1v) is 6.05. The number of halogens is 1. The zero-order chi connectivity index (χ0) is 13.8. The van der Waals surface area contributed by atoms with Crippen molar-refractivity contribution in [3.63, 3.8) is 0 Å². The van der Waals surface area contributed by atoms with E-state index in [1.807, 2.05) is 0 Å². The second-order valence-electron chi connectivity index (χ2n) is 4.05. The number of benzene rings is 2. The van der Waals surface area contributed by atoms with Crippen LogP contribution >= 0.6 is 11.6 Å². The highest BCUT2D eigenvalue weighted by Crippen LogP contribution is 2.22. The van der Waals surface area contributed by atoms with Gasteiger partial charge in [0.1, 0.15) is 5.92 Å². The van der Waals surface area contributed by atoms with Gasteiger partial charge in [0.25, 0.3) is 0 Å². The second kappa shape index (κ2) is 5.67. The molecule has 96 valence electrons. The van der Waals surface area contributed by atoms with Crippen LogP contribution in [0.3, 0.4) is 0 Å². The lowest BCUT2D eigenvalue weighted by molar-refractivity contribution is -0.137. The third-order valence-corrected chi connectivity index (χ3v) is 3.02. The summed E-state index contributed by atoms with van der Waals surface area (Å²) in [4.78, 5) is 23.6. The second-order valence-corrected chi connectivity index (χ2v) is 4.49.